The fraction of sp³-hybridized carbons (Fsp3) is 0.368. The molecule has 2 aromatic carbocycles. The van der Waals surface area contributed by atoms with Crippen LogP contribution < -0.4 is 10.6 Å². The van der Waals surface area contributed by atoms with E-state index in [4.69, 9.17) is 0 Å². The van der Waals surface area contributed by atoms with Gasteiger partial charge in [-0.2, -0.15) is 0 Å². The second-order valence-corrected chi connectivity index (χ2v) is 8.89. The van der Waals surface area contributed by atoms with Crippen LogP contribution in [0.2, 0.25) is 0 Å². The average molecular weight is 374 g/mol. The Morgan fingerprint density at radius 3 is 2.54 bits per heavy atom. The third-order valence-corrected chi connectivity index (χ3v) is 6.43. The Bertz CT molecular complexity index is 919. The smallest absolute Gasteiger partial charge is 0.239 e. The maximum atomic E-state index is 12.1. The van der Waals surface area contributed by atoms with Gasteiger partial charge < -0.3 is 10.6 Å². The SMILES string of the molecule is O=C(CNC(=O)Cc1cccc2ccccc12)NCC1CCS(=O)(=O)C1. The lowest BCUT2D eigenvalue weighted by atomic mass is 10.0. The molecule has 0 aliphatic carbocycles. The largest absolute Gasteiger partial charge is 0.354 e. The fourth-order valence-corrected chi connectivity index (χ4v) is 5.08. The highest BCUT2D eigenvalue weighted by Crippen LogP contribution is 2.19. The van der Waals surface area contributed by atoms with Gasteiger partial charge in [0.1, 0.15) is 0 Å². The van der Waals surface area contributed by atoms with E-state index in [0.29, 0.717) is 13.0 Å². The van der Waals surface area contributed by atoms with E-state index in [1.54, 1.807) is 0 Å². The zero-order valence-corrected chi connectivity index (χ0v) is 15.2. The average Bonchev–Trinajstić information content (AvgIpc) is 2.97. The summed E-state index contributed by atoms with van der Waals surface area (Å²) >= 11 is 0. The highest BCUT2D eigenvalue weighted by molar-refractivity contribution is 7.91. The van der Waals surface area contributed by atoms with Crippen molar-refractivity contribution in [1.29, 1.82) is 0 Å². The minimum atomic E-state index is -2.94. The van der Waals surface area contributed by atoms with Crippen LogP contribution in [0.3, 0.4) is 0 Å². The van der Waals surface area contributed by atoms with Crippen molar-refractivity contribution in [1.82, 2.24) is 10.6 Å². The van der Waals surface area contributed by atoms with Crippen LogP contribution in [0.1, 0.15) is 12.0 Å². The number of benzene rings is 2. The molecule has 0 saturated carbocycles. The lowest BCUT2D eigenvalue weighted by Gasteiger charge is -2.11. The summed E-state index contributed by atoms with van der Waals surface area (Å²) in [6.45, 7) is 0.223. The van der Waals surface area contributed by atoms with E-state index in [-0.39, 0.29) is 42.2 Å². The first-order valence-electron chi connectivity index (χ1n) is 8.63. The molecule has 2 N–H and O–H groups in total. The third-order valence-electron chi connectivity index (χ3n) is 4.59. The van der Waals surface area contributed by atoms with Gasteiger partial charge in [-0.25, -0.2) is 8.42 Å². The standard InChI is InChI=1S/C19H22N2O4S/c22-18(10-16-6-3-5-15-4-1-2-7-17(15)16)21-12-19(23)20-11-14-8-9-26(24,25)13-14/h1-7,14H,8-13H2,(H,20,23)(H,21,22). The van der Waals surface area contributed by atoms with E-state index in [1.807, 2.05) is 42.5 Å². The van der Waals surface area contributed by atoms with Gasteiger partial charge >= 0.3 is 0 Å². The summed E-state index contributed by atoms with van der Waals surface area (Å²) < 4.78 is 22.8. The van der Waals surface area contributed by atoms with Crippen LogP contribution in [0.5, 0.6) is 0 Å². The Morgan fingerprint density at radius 2 is 1.77 bits per heavy atom. The molecule has 3 rings (SSSR count). The Hall–Kier alpha value is -2.41. The van der Waals surface area contributed by atoms with Crippen LogP contribution in [0.4, 0.5) is 0 Å². The summed E-state index contributed by atoms with van der Waals surface area (Å²) in [5, 5.41) is 7.41. The van der Waals surface area contributed by atoms with Crippen molar-refractivity contribution in [3.8, 4) is 0 Å². The van der Waals surface area contributed by atoms with Crippen LogP contribution in [-0.4, -0.2) is 44.8 Å². The molecule has 0 spiro atoms. The van der Waals surface area contributed by atoms with Crippen LogP contribution in [-0.2, 0) is 25.8 Å². The van der Waals surface area contributed by atoms with Crippen molar-refractivity contribution >= 4 is 32.4 Å². The summed E-state index contributed by atoms with van der Waals surface area (Å²) in [5.41, 5.74) is 0.914. The quantitative estimate of drug-likeness (QED) is 0.790. The van der Waals surface area contributed by atoms with E-state index < -0.39 is 9.84 Å². The van der Waals surface area contributed by atoms with Crippen molar-refractivity contribution < 1.29 is 18.0 Å². The molecule has 0 radical (unpaired) electrons. The maximum absolute atomic E-state index is 12.1. The maximum Gasteiger partial charge on any atom is 0.239 e. The topological polar surface area (TPSA) is 92.3 Å². The van der Waals surface area contributed by atoms with Crippen molar-refractivity contribution in [2.24, 2.45) is 5.92 Å². The van der Waals surface area contributed by atoms with E-state index in [9.17, 15) is 18.0 Å². The Morgan fingerprint density at radius 1 is 1.00 bits per heavy atom. The van der Waals surface area contributed by atoms with Crippen LogP contribution >= 0.6 is 0 Å². The molecular formula is C19H22N2O4S. The molecule has 6 nitrogen and oxygen atoms in total. The highest BCUT2D eigenvalue weighted by atomic mass is 32.2. The number of fused-ring (bicyclic) bond motifs is 1. The molecule has 1 atom stereocenters. The van der Waals surface area contributed by atoms with E-state index in [1.165, 1.54) is 0 Å². The number of amides is 2. The molecule has 0 bridgehead atoms. The molecular weight excluding hydrogens is 352 g/mol. The van der Waals surface area contributed by atoms with Crippen molar-refractivity contribution in [2.75, 3.05) is 24.6 Å². The predicted octanol–water partition coefficient (Wildman–Crippen LogP) is 1.05. The third kappa shape index (κ3) is 4.82. The zero-order valence-electron chi connectivity index (χ0n) is 14.4. The monoisotopic (exact) mass is 374 g/mol. The van der Waals surface area contributed by atoms with Gasteiger partial charge in [0.05, 0.1) is 24.5 Å². The number of hydrogen-bond donors (Lipinski definition) is 2. The molecule has 1 fully saturated rings. The number of carbonyl (C=O) groups is 2. The highest BCUT2D eigenvalue weighted by Gasteiger charge is 2.27. The predicted molar refractivity (Wildman–Crippen MR) is 100 cm³/mol. The van der Waals surface area contributed by atoms with Gasteiger partial charge in [-0.15, -0.1) is 0 Å². The minimum absolute atomic E-state index is 0.0321. The molecule has 1 aliphatic rings. The van der Waals surface area contributed by atoms with Crippen molar-refractivity contribution in [3.05, 3.63) is 48.0 Å². The number of rotatable bonds is 6. The van der Waals surface area contributed by atoms with Gasteiger partial charge in [0.25, 0.3) is 0 Å². The lowest BCUT2D eigenvalue weighted by Crippen LogP contribution is -2.39. The van der Waals surface area contributed by atoms with Gasteiger partial charge in [0.15, 0.2) is 9.84 Å². The van der Waals surface area contributed by atoms with Gasteiger partial charge in [0.2, 0.25) is 11.8 Å². The molecule has 1 heterocycles. The van der Waals surface area contributed by atoms with Crippen LogP contribution in [0.25, 0.3) is 10.8 Å². The molecule has 7 heteroatoms. The summed E-state index contributed by atoms with van der Waals surface area (Å²) in [7, 11) is -2.94. The fourth-order valence-electron chi connectivity index (χ4n) is 3.21. The van der Waals surface area contributed by atoms with Crippen molar-refractivity contribution in [3.63, 3.8) is 0 Å². The van der Waals surface area contributed by atoms with Gasteiger partial charge in [-0.05, 0) is 28.7 Å². The summed E-state index contributed by atoms with van der Waals surface area (Å²) in [5.74, 6) is -0.244. The van der Waals surface area contributed by atoms with E-state index >= 15 is 0 Å². The first-order valence-corrected chi connectivity index (χ1v) is 10.5. The van der Waals surface area contributed by atoms with Gasteiger partial charge in [-0.1, -0.05) is 42.5 Å². The number of sulfone groups is 1. The summed E-state index contributed by atoms with van der Waals surface area (Å²) in [4.78, 5) is 24.0. The second kappa shape index (κ2) is 7.86. The Kier molecular flexibility index (Phi) is 5.56. The second-order valence-electron chi connectivity index (χ2n) is 6.66. The minimum Gasteiger partial charge on any atom is -0.354 e. The Labute approximate surface area is 152 Å². The normalized spacial score (nSPS) is 18.5. The molecule has 1 saturated heterocycles. The first-order chi connectivity index (χ1) is 12.4. The number of nitrogens with one attached hydrogen (secondary N) is 2. The summed E-state index contributed by atoms with van der Waals surface area (Å²) in [6.07, 6.45) is 0.783. The van der Waals surface area contributed by atoms with Gasteiger partial charge in [-0.3, -0.25) is 9.59 Å². The molecule has 1 aliphatic heterocycles. The zero-order chi connectivity index (χ0) is 18.6. The van der Waals surface area contributed by atoms with Crippen LogP contribution in [0, 0.1) is 5.92 Å². The molecule has 26 heavy (non-hydrogen) atoms. The van der Waals surface area contributed by atoms with Crippen molar-refractivity contribution in [2.45, 2.75) is 12.8 Å². The first kappa shape index (κ1) is 18.4. The molecule has 2 amide bonds. The van der Waals surface area contributed by atoms with Crippen LogP contribution in [0.15, 0.2) is 42.5 Å². The van der Waals surface area contributed by atoms with E-state index in [0.717, 1.165) is 16.3 Å². The molecule has 2 aromatic rings. The summed E-state index contributed by atoms with van der Waals surface area (Å²) in [6, 6.07) is 13.7. The molecule has 1 unspecified atom stereocenters. The Balaban J connectivity index is 1.46. The molecule has 138 valence electrons. The van der Waals surface area contributed by atoms with E-state index in [2.05, 4.69) is 10.6 Å². The molecule has 0 aromatic heterocycles. The number of hydrogen-bond acceptors (Lipinski definition) is 4. The van der Waals surface area contributed by atoms with Gasteiger partial charge in [0, 0.05) is 6.54 Å². The number of carbonyl (C=O) groups excluding carboxylic acids is 2. The lowest BCUT2D eigenvalue weighted by molar-refractivity contribution is -0.125.